The highest BCUT2D eigenvalue weighted by molar-refractivity contribution is 7.90. The first-order valence-electron chi connectivity index (χ1n) is 14.0. The smallest absolute Gasteiger partial charge is 0.490 e. The van der Waals surface area contributed by atoms with Crippen molar-refractivity contribution in [1.29, 1.82) is 0 Å². The number of phenolic OH excluding ortho intramolecular Hbond substituents is 1. The third-order valence-corrected chi connectivity index (χ3v) is 8.94. The van der Waals surface area contributed by atoms with Gasteiger partial charge in [-0.05, 0) is 55.5 Å². The van der Waals surface area contributed by atoms with Crippen LogP contribution in [0.2, 0.25) is 0 Å². The molecule has 17 heteroatoms. The number of aliphatic carboxylic acids is 1. The highest BCUT2D eigenvalue weighted by Gasteiger charge is 2.40. The normalized spacial score (nSPS) is 20.2. The molecule has 2 aromatic rings. The molecule has 2 heterocycles. The molecule has 4 rings (SSSR count). The fraction of sp³-hybridized carbons (Fsp3) is 0.448. The van der Waals surface area contributed by atoms with Gasteiger partial charge in [0.2, 0.25) is 21.8 Å². The standard InChI is InChI=1S/C27H33N3O8S.C2HF3O2/c1-37-26(34)25-20(31)5-4-6-21(25)38-14-3-2-13-28-17-27(12-11-23(32)29-27)16-18-7-9-19(10-8-18)22-15-24(33)30-39(22,35)36;3-2(4,5)1(6)7/h4-10,22,28,31H,2-3,11-17H2,1H3,(H,29,32)(H,30,33);(H,6,7). The third-order valence-electron chi connectivity index (χ3n) is 7.24. The number of sulfonamides is 1. The van der Waals surface area contributed by atoms with Crippen molar-refractivity contribution >= 4 is 33.8 Å². The van der Waals surface area contributed by atoms with Crippen LogP contribution >= 0.6 is 0 Å². The number of benzene rings is 2. The number of nitrogens with one attached hydrogen (secondary N) is 3. The number of carbonyl (C=O) groups is 4. The van der Waals surface area contributed by atoms with Crippen LogP contribution in [-0.2, 0) is 35.6 Å². The number of ether oxygens (including phenoxy) is 2. The second kappa shape index (κ2) is 15.3. The molecule has 0 saturated carbocycles. The molecule has 13 nitrogen and oxygen atoms in total. The number of carboxylic acids is 1. The first-order valence-corrected chi connectivity index (χ1v) is 15.6. The topological polar surface area (TPSA) is 197 Å². The van der Waals surface area contributed by atoms with Gasteiger partial charge in [-0.3, -0.25) is 14.3 Å². The molecule has 5 N–H and O–H groups in total. The third kappa shape index (κ3) is 9.81. The van der Waals surface area contributed by atoms with E-state index in [4.69, 9.17) is 19.4 Å². The van der Waals surface area contributed by atoms with Crippen LogP contribution in [-0.4, -0.2) is 80.9 Å². The largest absolute Gasteiger partial charge is 0.507 e. The highest BCUT2D eigenvalue weighted by Crippen LogP contribution is 2.32. The van der Waals surface area contributed by atoms with E-state index in [2.05, 4.69) is 10.6 Å². The lowest BCUT2D eigenvalue weighted by atomic mass is 9.88. The zero-order valence-electron chi connectivity index (χ0n) is 24.7. The van der Waals surface area contributed by atoms with E-state index in [1.807, 2.05) is 16.9 Å². The number of aromatic hydroxyl groups is 1. The summed E-state index contributed by atoms with van der Waals surface area (Å²) >= 11 is 0. The summed E-state index contributed by atoms with van der Waals surface area (Å²) in [5, 5.41) is 22.7. The number of phenols is 1. The van der Waals surface area contributed by atoms with E-state index < -0.39 is 44.8 Å². The monoisotopic (exact) mass is 673 g/mol. The van der Waals surface area contributed by atoms with Crippen molar-refractivity contribution in [2.24, 2.45) is 0 Å². The quantitative estimate of drug-likeness (QED) is 0.164. The summed E-state index contributed by atoms with van der Waals surface area (Å²) in [5.41, 5.74) is 1.06. The van der Waals surface area contributed by atoms with Crippen LogP contribution < -0.4 is 20.1 Å². The van der Waals surface area contributed by atoms with Gasteiger partial charge in [0.15, 0.2) is 0 Å². The lowest BCUT2D eigenvalue weighted by Gasteiger charge is -2.30. The summed E-state index contributed by atoms with van der Waals surface area (Å²) in [6, 6.07) is 11.8. The van der Waals surface area contributed by atoms with E-state index >= 15 is 0 Å². The number of amides is 2. The number of methoxy groups -OCH3 is 1. The number of carboxylic acid groups (broad SMARTS) is 1. The Kier molecular flexibility index (Phi) is 12.0. The van der Waals surface area contributed by atoms with Crippen molar-refractivity contribution in [3.8, 4) is 11.5 Å². The number of alkyl halides is 3. The first-order chi connectivity index (χ1) is 21.6. The summed E-state index contributed by atoms with van der Waals surface area (Å²) in [6.45, 7) is 1.60. The van der Waals surface area contributed by atoms with Gasteiger partial charge in [0, 0.05) is 13.0 Å². The Morgan fingerprint density at radius 1 is 1.09 bits per heavy atom. The average Bonchev–Trinajstić information content (AvgIpc) is 3.48. The van der Waals surface area contributed by atoms with E-state index in [0.29, 0.717) is 50.9 Å². The van der Waals surface area contributed by atoms with Crippen molar-refractivity contribution in [2.75, 3.05) is 26.8 Å². The molecule has 0 aromatic heterocycles. The Morgan fingerprint density at radius 2 is 1.76 bits per heavy atom. The van der Waals surface area contributed by atoms with Gasteiger partial charge in [-0.1, -0.05) is 30.3 Å². The summed E-state index contributed by atoms with van der Waals surface area (Å²) in [7, 11) is -2.46. The van der Waals surface area contributed by atoms with Crippen LogP contribution in [0.1, 0.15) is 58.8 Å². The summed E-state index contributed by atoms with van der Waals surface area (Å²) in [6.07, 6.45) is -1.99. The molecular weight excluding hydrogens is 639 g/mol. The van der Waals surface area contributed by atoms with Crippen molar-refractivity contribution in [2.45, 2.75) is 55.5 Å². The number of halogens is 3. The lowest BCUT2D eigenvalue weighted by Crippen LogP contribution is -2.51. The maximum Gasteiger partial charge on any atom is 0.490 e. The zero-order valence-corrected chi connectivity index (χ0v) is 25.5. The van der Waals surface area contributed by atoms with Crippen LogP contribution in [0.25, 0.3) is 0 Å². The van der Waals surface area contributed by atoms with Gasteiger partial charge in [-0.15, -0.1) is 0 Å². The molecule has 2 aromatic carbocycles. The van der Waals surface area contributed by atoms with E-state index in [0.717, 1.165) is 12.0 Å². The van der Waals surface area contributed by atoms with E-state index in [9.17, 15) is 41.1 Å². The van der Waals surface area contributed by atoms with Crippen molar-refractivity contribution in [1.82, 2.24) is 15.4 Å². The lowest BCUT2D eigenvalue weighted by molar-refractivity contribution is -0.192. The number of carbonyl (C=O) groups excluding carboxylic acids is 3. The fourth-order valence-electron chi connectivity index (χ4n) is 5.00. The minimum Gasteiger partial charge on any atom is -0.507 e. The molecule has 2 saturated heterocycles. The minimum absolute atomic E-state index is 0.0000894. The van der Waals surface area contributed by atoms with E-state index in [1.54, 1.807) is 24.3 Å². The Hall–Kier alpha value is -4.38. The predicted molar refractivity (Wildman–Crippen MR) is 155 cm³/mol. The summed E-state index contributed by atoms with van der Waals surface area (Å²) in [4.78, 5) is 44.5. The van der Waals surface area contributed by atoms with Crippen LogP contribution in [0.15, 0.2) is 42.5 Å². The molecule has 0 bridgehead atoms. The van der Waals surface area contributed by atoms with Gasteiger partial charge >= 0.3 is 18.1 Å². The Morgan fingerprint density at radius 3 is 2.30 bits per heavy atom. The molecular formula is C29H34F3N3O10S. The van der Waals surface area contributed by atoms with Crippen LogP contribution in [0.5, 0.6) is 11.5 Å². The van der Waals surface area contributed by atoms with Crippen LogP contribution in [0.3, 0.4) is 0 Å². The number of unbranched alkanes of at least 4 members (excludes halogenated alkanes) is 1. The molecule has 2 fully saturated rings. The van der Waals surface area contributed by atoms with Gasteiger partial charge in [0.1, 0.15) is 22.3 Å². The molecule has 2 unspecified atom stereocenters. The minimum atomic E-state index is -5.08. The number of hydrogen-bond donors (Lipinski definition) is 5. The number of rotatable bonds is 12. The molecule has 2 atom stereocenters. The molecule has 2 aliphatic rings. The Balaban J connectivity index is 0.000000738. The number of hydrogen-bond acceptors (Lipinski definition) is 10. The molecule has 252 valence electrons. The second-order valence-corrected chi connectivity index (χ2v) is 12.6. The van der Waals surface area contributed by atoms with Gasteiger partial charge < -0.3 is 30.3 Å². The molecule has 2 aliphatic heterocycles. The highest BCUT2D eigenvalue weighted by atomic mass is 32.2. The van der Waals surface area contributed by atoms with Crippen LogP contribution in [0.4, 0.5) is 13.2 Å². The Bertz CT molecular complexity index is 1530. The predicted octanol–water partition coefficient (Wildman–Crippen LogP) is 2.34. The van der Waals surface area contributed by atoms with Gasteiger partial charge in [0.05, 0.1) is 25.7 Å². The van der Waals surface area contributed by atoms with Crippen molar-refractivity contribution in [3.63, 3.8) is 0 Å². The SMILES string of the molecule is COC(=O)c1c(O)cccc1OCCCCNCC1(Cc2ccc(C3CC(=O)NS3(=O)=O)cc2)CCC(=O)N1.O=C(O)C(F)(F)F. The summed E-state index contributed by atoms with van der Waals surface area (Å²) in [5.74, 6) is -3.86. The molecule has 0 spiro atoms. The molecule has 46 heavy (non-hydrogen) atoms. The van der Waals surface area contributed by atoms with Crippen molar-refractivity contribution < 1.29 is 60.5 Å². The van der Waals surface area contributed by atoms with Gasteiger partial charge in [-0.25, -0.2) is 18.0 Å². The van der Waals surface area contributed by atoms with E-state index in [1.165, 1.54) is 13.2 Å². The molecule has 0 radical (unpaired) electrons. The molecule has 2 amide bonds. The van der Waals surface area contributed by atoms with Gasteiger partial charge in [0.25, 0.3) is 0 Å². The maximum absolute atomic E-state index is 12.2. The van der Waals surface area contributed by atoms with Crippen molar-refractivity contribution in [3.05, 3.63) is 59.2 Å². The van der Waals surface area contributed by atoms with Crippen LogP contribution in [0, 0.1) is 0 Å². The fourth-order valence-corrected chi connectivity index (χ4v) is 6.43. The van der Waals surface area contributed by atoms with Gasteiger partial charge in [-0.2, -0.15) is 13.2 Å². The second-order valence-electron chi connectivity index (χ2n) is 10.7. The average molecular weight is 674 g/mol. The molecule has 0 aliphatic carbocycles. The van der Waals surface area contributed by atoms with E-state index in [-0.39, 0.29) is 29.4 Å². The Labute approximate surface area is 262 Å². The summed E-state index contributed by atoms with van der Waals surface area (Å²) < 4.78 is 68.5. The maximum atomic E-state index is 12.2. The first kappa shape index (κ1) is 36.1. The number of esters is 1. The zero-order chi connectivity index (χ0) is 34.1.